The smallest absolute Gasteiger partial charge is 0.282 e. The summed E-state index contributed by atoms with van der Waals surface area (Å²) in [6, 6.07) is 14.3. The van der Waals surface area contributed by atoms with Gasteiger partial charge in [0.05, 0.1) is 17.9 Å². The van der Waals surface area contributed by atoms with Crippen LogP contribution in [0, 0.1) is 18.6 Å². The summed E-state index contributed by atoms with van der Waals surface area (Å²) in [5.74, 6) is -2.68. The van der Waals surface area contributed by atoms with Gasteiger partial charge in [-0.15, -0.1) is 0 Å². The van der Waals surface area contributed by atoms with Gasteiger partial charge in [-0.25, -0.2) is 13.7 Å². The first-order valence-corrected chi connectivity index (χ1v) is 10.5. The number of nitrogens with zero attached hydrogens (tertiary/aromatic N) is 1. The second-order valence-corrected chi connectivity index (χ2v) is 7.69. The number of carbonyl (C=O) groups excluding carboxylic acids is 2. The highest BCUT2D eigenvalue weighted by molar-refractivity contribution is 6.46. The number of ether oxygens (including phenoxy) is 1. The Labute approximate surface area is 194 Å². The van der Waals surface area contributed by atoms with Crippen LogP contribution in [0.25, 0.3) is 5.57 Å². The number of rotatable bonds is 6. The largest absolute Gasteiger partial charge is 0.494 e. The fraction of sp³-hybridized carbons (Fsp3) is 0.120. The molecule has 0 fully saturated rings. The molecule has 33 heavy (non-hydrogen) atoms. The van der Waals surface area contributed by atoms with Gasteiger partial charge in [0, 0.05) is 16.8 Å². The molecule has 4 rings (SSSR count). The van der Waals surface area contributed by atoms with Crippen molar-refractivity contribution in [2.75, 3.05) is 16.8 Å². The molecule has 0 bridgehead atoms. The lowest BCUT2D eigenvalue weighted by Crippen LogP contribution is -2.33. The van der Waals surface area contributed by atoms with Gasteiger partial charge in [-0.3, -0.25) is 9.59 Å². The monoisotopic (exact) mass is 468 g/mol. The van der Waals surface area contributed by atoms with Crippen LogP contribution in [0.3, 0.4) is 0 Å². The van der Waals surface area contributed by atoms with E-state index in [0.29, 0.717) is 39.1 Å². The van der Waals surface area contributed by atoms with Gasteiger partial charge in [-0.2, -0.15) is 0 Å². The van der Waals surface area contributed by atoms with Gasteiger partial charge in [-0.05, 0) is 61.4 Å². The van der Waals surface area contributed by atoms with Gasteiger partial charge in [0.15, 0.2) is 0 Å². The van der Waals surface area contributed by atoms with E-state index >= 15 is 0 Å². The summed E-state index contributed by atoms with van der Waals surface area (Å²) in [7, 11) is 0. The summed E-state index contributed by atoms with van der Waals surface area (Å²) in [5.41, 5.74) is 1.06. The van der Waals surface area contributed by atoms with Crippen LogP contribution in [0.5, 0.6) is 5.75 Å². The Morgan fingerprint density at radius 3 is 2.42 bits per heavy atom. The molecule has 0 atom stereocenters. The lowest BCUT2D eigenvalue weighted by molar-refractivity contribution is -0.120. The molecule has 0 spiro atoms. The number of anilines is 2. The van der Waals surface area contributed by atoms with Crippen molar-refractivity contribution in [2.24, 2.45) is 0 Å². The summed E-state index contributed by atoms with van der Waals surface area (Å²) in [4.78, 5) is 27.4. The van der Waals surface area contributed by atoms with Crippen LogP contribution in [-0.4, -0.2) is 18.4 Å². The molecule has 2 amide bonds. The Hall–Kier alpha value is -3.71. The maximum absolute atomic E-state index is 14.5. The van der Waals surface area contributed by atoms with Gasteiger partial charge in [-0.1, -0.05) is 29.8 Å². The van der Waals surface area contributed by atoms with Crippen LogP contribution >= 0.6 is 11.6 Å². The third-order valence-electron chi connectivity index (χ3n) is 5.21. The maximum atomic E-state index is 14.5. The van der Waals surface area contributed by atoms with E-state index in [4.69, 9.17) is 16.3 Å². The number of imide groups is 1. The van der Waals surface area contributed by atoms with E-state index in [1.165, 1.54) is 0 Å². The molecular weight excluding hydrogens is 450 g/mol. The van der Waals surface area contributed by atoms with Gasteiger partial charge in [0.1, 0.15) is 23.1 Å². The molecule has 1 N–H and O–H groups in total. The fourth-order valence-electron chi connectivity index (χ4n) is 3.55. The normalized spacial score (nSPS) is 13.7. The van der Waals surface area contributed by atoms with E-state index in [-0.39, 0.29) is 11.3 Å². The molecule has 0 saturated carbocycles. The first kappa shape index (κ1) is 22.5. The average Bonchev–Trinajstić information content (AvgIpc) is 3.03. The van der Waals surface area contributed by atoms with Crippen molar-refractivity contribution in [3.8, 4) is 5.75 Å². The van der Waals surface area contributed by atoms with E-state index in [0.717, 1.165) is 18.2 Å². The summed E-state index contributed by atoms with van der Waals surface area (Å²) >= 11 is 6.20. The summed E-state index contributed by atoms with van der Waals surface area (Å²) in [6.07, 6.45) is 0. The SMILES string of the molecule is CCOc1ccc(C2=C(Nc3cccc(Cl)c3C)C(=O)N(c3cc(F)ccc3F)C2=O)cc1. The van der Waals surface area contributed by atoms with Crippen molar-refractivity contribution >= 4 is 40.4 Å². The van der Waals surface area contributed by atoms with Crippen molar-refractivity contribution in [2.45, 2.75) is 13.8 Å². The van der Waals surface area contributed by atoms with Gasteiger partial charge < -0.3 is 10.1 Å². The van der Waals surface area contributed by atoms with Crippen molar-refractivity contribution in [1.29, 1.82) is 0 Å². The van der Waals surface area contributed by atoms with Gasteiger partial charge in [0.2, 0.25) is 0 Å². The molecular formula is C25H19ClF2N2O3. The van der Waals surface area contributed by atoms with Crippen molar-refractivity contribution in [3.05, 3.63) is 94.1 Å². The van der Waals surface area contributed by atoms with Crippen LogP contribution in [0.4, 0.5) is 20.2 Å². The maximum Gasteiger partial charge on any atom is 0.282 e. The molecule has 0 saturated heterocycles. The molecule has 0 aromatic heterocycles. The predicted octanol–water partition coefficient (Wildman–Crippen LogP) is 5.72. The standard InChI is InChI=1S/C25H19ClF2N2O3/c1-3-33-17-10-7-15(8-11-17)22-23(29-20-6-4-5-18(26)14(20)2)25(32)30(24(22)31)21-13-16(27)9-12-19(21)28/h4-13,29H,3H2,1-2H3. The third kappa shape index (κ3) is 4.19. The zero-order valence-electron chi connectivity index (χ0n) is 17.8. The number of carbonyl (C=O) groups is 2. The Balaban J connectivity index is 1.85. The lowest BCUT2D eigenvalue weighted by atomic mass is 10.0. The molecule has 168 valence electrons. The third-order valence-corrected chi connectivity index (χ3v) is 5.62. The van der Waals surface area contributed by atoms with Gasteiger partial charge >= 0.3 is 0 Å². The fourth-order valence-corrected chi connectivity index (χ4v) is 3.73. The zero-order valence-corrected chi connectivity index (χ0v) is 18.5. The second-order valence-electron chi connectivity index (χ2n) is 7.29. The minimum Gasteiger partial charge on any atom is -0.494 e. The van der Waals surface area contributed by atoms with Crippen LogP contribution < -0.4 is 15.0 Å². The predicted molar refractivity (Wildman–Crippen MR) is 123 cm³/mol. The molecule has 0 aliphatic carbocycles. The van der Waals surface area contributed by atoms with Crippen LogP contribution in [-0.2, 0) is 9.59 Å². The second kappa shape index (κ2) is 9.03. The molecule has 1 aliphatic heterocycles. The van der Waals surface area contributed by atoms with Crippen molar-refractivity contribution < 1.29 is 23.1 Å². The first-order valence-electron chi connectivity index (χ1n) is 10.1. The summed E-state index contributed by atoms with van der Waals surface area (Å²) < 4.78 is 33.8. The minimum absolute atomic E-state index is 0.0195. The quantitative estimate of drug-likeness (QED) is 0.470. The number of halogens is 3. The highest BCUT2D eigenvalue weighted by atomic mass is 35.5. The van der Waals surface area contributed by atoms with Crippen LogP contribution in [0.1, 0.15) is 18.1 Å². The average molecular weight is 469 g/mol. The molecule has 1 heterocycles. The number of hydrogen-bond donors (Lipinski definition) is 1. The highest BCUT2D eigenvalue weighted by Gasteiger charge is 2.41. The molecule has 0 radical (unpaired) electrons. The van der Waals surface area contributed by atoms with Crippen LogP contribution in [0.2, 0.25) is 5.02 Å². The van der Waals surface area contributed by atoms with Crippen molar-refractivity contribution in [1.82, 2.24) is 0 Å². The Bertz CT molecular complexity index is 1290. The number of nitrogens with one attached hydrogen (secondary N) is 1. The number of benzene rings is 3. The van der Waals surface area contributed by atoms with E-state index in [1.54, 1.807) is 49.4 Å². The molecule has 8 heteroatoms. The number of amides is 2. The molecule has 5 nitrogen and oxygen atoms in total. The van der Waals surface area contributed by atoms with Gasteiger partial charge in [0.25, 0.3) is 11.8 Å². The molecule has 0 unspecified atom stereocenters. The minimum atomic E-state index is -0.899. The summed E-state index contributed by atoms with van der Waals surface area (Å²) in [6.45, 7) is 4.07. The summed E-state index contributed by atoms with van der Waals surface area (Å²) in [5, 5.41) is 3.45. The van der Waals surface area contributed by atoms with Crippen molar-refractivity contribution in [3.63, 3.8) is 0 Å². The van der Waals surface area contributed by atoms with E-state index < -0.39 is 29.1 Å². The van der Waals surface area contributed by atoms with E-state index in [9.17, 15) is 18.4 Å². The molecule has 3 aromatic carbocycles. The Morgan fingerprint density at radius 1 is 1.00 bits per heavy atom. The number of hydrogen-bond acceptors (Lipinski definition) is 4. The Kier molecular flexibility index (Phi) is 6.16. The molecule has 3 aromatic rings. The topological polar surface area (TPSA) is 58.6 Å². The first-order chi connectivity index (χ1) is 15.8. The zero-order chi connectivity index (χ0) is 23.7. The lowest BCUT2D eigenvalue weighted by Gasteiger charge is -2.16. The van der Waals surface area contributed by atoms with E-state index in [1.807, 2.05) is 6.92 Å². The highest BCUT2D eigenvalue weighted by Crippen LogP contribution is 2.36. The Morgan fingerprint density at radius 2 is 1.73 bits per heavy atom. The van der Waals surface area contributed by atoms with Crippen LogP contribution in [0.15, 0.2) is 66.4 Å². The molecule has 1 aliphatic rings. The van der Waals surface area contributed by atoms with E-state index in [2.05, 4.69) is 5.32 Å².